The number of esters is 2. The number of rotatable bonds is 7. The Morgan fingerprint density at radius 1 is 0.903 bits per heavy atom. The van der Waals surface area contributed by atoms with Crippen molar-refractivity contribution in [3.8, 4) is 5.75 Å². The van der Waals surface area contributed by atoms with E-state index in [1.54, 1.807) is 12.1 Å². The molecular weight excluding hydrogens is 807 g/mol. The van der Waals surface area contributed by atoms with Crippen molar-refractivity contribution in [3.05, 3.63) is 22.8 Å². The molecule has 1 N–H and O–H groups in total. The fraction of sp³-hybridized carbons (Fsp3) is 0.429. The lowest BCUT2D eigenvalue weighted by Gasteiger charge is -2.33. The summed E-state index contributed by atoms with van der Waals surface area (Å²) >= 11 is 5.77. The van der Waals surface area contributed by atoms with Gasteiger partial charge in [-0.05, 0) is 86.3 Å². The van der Waals surface area contributed by atoms with Crippen molar-refractivity contribution in [1.29, 1.82) is 0 Å². The average Bonchev–Trinajstić information content (AvgIpc) is 2.52. The van der Waals surface area contributed by atoms with Crippen molar-refractivity contribution in [1.82, 2.24) is 0 Å². The van der Waals surface area contributed by atoms with Gasteiger partial charge < -0.3 is 9.47 Å². The lowest BCUT2D eigenvalue weighted by molar-refractivity contribution is -0.335. The number of carbonyl (C=O) groups excluding carboxylic acids is 2. The van der Waals surface area contributed by atoms with Crippen molar-refractivity contribution in [2.75, 3.05) is 0 Å². The van der Waals surface area contributed by atoms with Crippen LogP contribution in [0.15, 0.2) is 12.1 Å². The van der Waals surface area contributed by atoms with E-state index in [9.17, 15) is 44.3 Å². The first-order valence-electron chi connectivity index (χ1n) is 7.51. The summed E-state index contributed by atoms with van der Waals surface area (Å²) in [7, 11) is -7.02. The highest BCUT2D eigenvalue weighted by Crippen LogP contribution is 2.49. The highest BCUT2D eigenvalue weighted by atomic mass is 127. The Morgan fingerprint density at radius 2 is 1.32 bits per heavy atom. The molecule has 0 spiro atoms. The summed E-state index contributed by atoms with van der Waals surface area (Å²) in [6.07, 6.45) is -15.9. The van der Waals surface area contributed by atoms with Crippen LogP contribution in [0.3, 0.4) is 0 Å². The molecule has 0 aliphatic rings. The second-order valence-electron chi connectivity index (χ2n) is 5.59. The molecule has 0 atom stereocenters. The Morgan fingerprint density at radius 3 is 1.71 bits per heavy atom. The zero-order chi connectivity index (χ0) is 24.4. The first kappa shape index (κ1) is 28.9. The monoisotopic (exact) mass is 816 g/mol. The second kappa shape index (κ2) is 10.4. The van der Waals surface area contributed by atoms with Crippen LogP contribution in [0.1, 0.15) is 19.3 Å². The molecule has 31 heavy (non-hydrogen) atoms. The van der Waals surface area contributed by atoms with Crippen molar-refractivity contribution in [2.45, 2.75) is 36.5 Å². The Labute approximate surface area is 211 Å². The van der Waals surface area contributed by atoms with Gasteiger partial charge in [0.15, 0.2) is 5.75 Å². The molecule has 0 heterocycles. The fourth-order valence-corrected chi connectivity index (χ4v) is 6.59. The predicted molar refractivity (Wildman–Crippen MR) is 117 cm³/mol. The molecule has 0 bridgehead atoms. The summed E-state index contributed by atoms with van der Waals surface area (Å²) in [6, 6.07) is 3.35. The molecule has 0 aromatic heterocycles. The van der Waals surface area contributed by atoms with Gasteiger partial charge >= 0.3 is 39.3 Å². The standard InChI is InChI=1S/C14H9F6I3O7S/c15-13(16,17)12(14(18,19)20,31(26,27)28)30-10(25)3-1-2-9(24)29-11-7(22)4-6(21)5-8(11)23/h4-5H,1-3H2,(H,26,27,28). The van der Waals surface area contributed by atoms with E-state index in [0.717, 1.165) is 3.57 Å². The van der Waals surface area contributed by atoms with E-state index in [-0.39, 0.29) is 5.75 Å². The Balaban J connectivity index is 2.87. The summed E-state index contributed by atoms with van der Waals surface area (Å²) < 4.78 is 118. The molecule has 0 amide bonds. The molecule has 1 aromatic rings. The number of hydrogen-bond acceptors (Lipinski definition) is 6. The van der Waals surface area contributed by atoms with Gasteiger partial charge in [-0.15, -0.1) is 0 Å². The summed E-state index contributed by atoms with van der Waals surface area (Å²) in [5.41, 5.74) is 0. The Hall–Kier alpha value is -0.160. The third-order valence-corrected chi connectivity index (χ3v) is 6.81. The maximum Gasteiger partial charge on any atom is 0.456 e. The molecule has 7 nitrogen and oxygen atoms in total. The number of hydrogen-bond donors (Lipinski definition) is 1. The van der Waals surface area contributed by atoms with E-state index in [0.29, 0.717) is 7.14 Å². The van der Waals surface area contributed by atoms with Gasteiger partial charge in [0, 0.05) is 16.4 Å². The topological polar surface area (TPSA) is 107 Å². The largest absolute Gasteiger partial charge is 0.456 e. The van der Waals surface area contributed by atoms with Crippen molar-refractivity contribution in [2.24, 2.45) is 0 Å². The van der Waals surface area contributed by atoms with E-state index in [1.807, 2.05) is 67.8 Å². The Bertz CT molecular complexity index is 925. The zero-order valence-electron chi connectivity index (χ0n) is 14.5. The molecule has 1 rings (SSSR count). The molecule has 0 unspecified atom stereocenters. The van der Waals surface area contributed by atoms with Crippen LogP contribution in [0.2, 0.25) is 0 Å². The Kier molecular flexibility index (Phi) is 9.69. The summed E-state index contributed by atoms with van der Waals surface area (Å²) in [5, 5.41) is 0. The van der Waals surface area contributed by atoms with Crippen LogP contribution in [0.5, 0.6) is 5.75 Å². The van der Waals surface area contributed by atoms with E-state index in [4.69, 9.17) is 9.29 Å². The molecular formula is C14H9F6I3O7S. The number of benzene rings is 1. The third-order valence-electron chi connectivity index (χ3n) is 3.31. The molecule has 0 aliphatic heterocycles. The van der Waals surface area contributed by atoms with E-state index < -0.39 is 58.6 Å². The first-order chi connectivity index (χ1) is 13.8. The molecule has 1 aromatic carbocycles. The van der Waals surface area contributed by atoms with Gasteiger partial charge in [-0.25, -0.2) is 0 Å². The number of halogens is 9. The second-order valence-corrected chi connectivity index (χ2v) is 10.7. The van der Waals surface area contributed by atoms with Crippen LogP contribution in [-0.2, 0) is 24.4 Å². The van der Waals surface area contributed by atoms with Crippen LogP contribution in [-0.4, -0.2) is 42.2 Å². The van der Waals surface area contributed by atoms with Crippen LogP contribution in [0, 0.1) is 10.7 Å². The quantitative estimate of drug-likeness (QED) is 0.138. The summed E-state index contributed by atoms with van der Waals surface area (Å²) in [5.74, 6) is -3.02. The maximum absolute atomic E-state index is 12.9. The number of carbonyl (C=O) groups is 2. The van der Waals surface area contributed by atoms with E-state index in [1.165, 1.54) is 0 Å². The molecule has 0 saturated heterocycles. The molecule has 17 heteroatoms. The minimum atomic E-state index is -7.02. The van der Waals surface area contributed by atoms with E-state index in [2.05, 4.69) is 4.74 Å². The molecule has 0 fully saturated rings. The van der Waals surface area contributed by atoms with Gasteiger partial charge in [0.1, 0.15) is 0 Å². The van der Waals surface area contributed by atoms with Crippen LogP contribution in [0.4, 0.5) is 26.3 Å². The lowest BCUT2D eigenvalue weighted by atomic mass is 10.2. The van der Waals surface area contributed by atoms with Crippen LogP contribution in [0.25, 0.3) is 0 Å². The smallest absolute Gasteiger partial charge is 0.424 e. The fourth-order valence-electron chi connectivity index (χ4n) is 2.00. The van der Waals surface area contributed by atoms with Crippen LogP contribution < -0.4 is 4.74 Å². The van der Waals surface area contributed by atoms with Gasteiger partial charge in [0.05, 0.1) is 7.14 Å². The van der Waals surface area contributed by atoms with Crippen molar-refractivity contribution >= 4 is 89.8 Å². The maximum atomic E-state index is 12.9. The molecule has 0 aliphatic carbocycles. The van der Waals surface area contributed by atoms with Gasteiger partial charge in [-0.1, -0.05) is 0 Å². The third kappa shape index (κ3) is 6.91. The SMILES string of the molecule is O=C(CCCC(=O)OC(C(F)(F)F)(C(F)(F)F)S(=O)(=O)O)Oc1c(I)cc(I)cc1I. The predicted octanol–water partition coefficient (Wildman–Crippen LogP) is 4.83. The van der Waals surface area contributed by atoms with E-state index >= 15 is 0 Å². The number of ether oxygens (including phenoxy) is 2. The zero-order valence-corrected chi connectivity index (χ0v) is 21.8. The van der Waals surface area contributed by atoms with Gasteiger partial charge in [-0.3, -0.25) is 14.1 Å². The molecule has 176 valence electrons. The van der Waals surface area contributed by atoms with Crippen LogP contribution >= 0.6 is 67.8 Å². The highest BCUT2D eigenvalue weighted by Gasteiger charge is 2.82. The average molecular weight is 816 g/mol. The minimum absolute atomic E-state index is 0.175. The van der Waals surface area contributed by atoms with Gasteiger partial charge in [0.2, 0.25) is 0 Å². The highest BCUT2D eigenvalue weighted by molar-refractivity contribution is 14.1. The van der Waals surface area contributed by atoms with Gasteiger partial charge in [-0.2, -0.15) is 34.8 Å². The van der Waals surface area contributed by atoms with Crippen molar-refractivity contribution < 1.29 is 58.4 Å². The molecule has 0 radical (unpaired) electrons. The molecule has 0 saturated carbocycles. The minimum Gasteiger partial charge on any atom is -0.424 e. The number of alkyl halides is 6. The lowest BCUT2D eigenvalue weighted by Crippen LogP contribution is -2.64. The van der Waals surface area contributed by atoms with Crippen molar-refractivity contribution in [3.63, 3.8) is 0 Å². The first-order valence-corrected chi connectivity index (χ1v) is 12.2. The summed E-state index contributed by atoms with van der Waals surface area (Å²) in [4.78, 5) is 17.2. The summed E-state index contributed by atoms with van der Waals surface area (Å²) in [6.45, 7) is 0. The van der Waals surface area contributed by atoms with Gasteiger partial charge in [0.25, 0.3) is 0 Å². The normalized spacial score (nSPS) is 13.1.